The Morgan fingerprint density at radius 2 is 2.15 bits per heavy atom. The van der Waals surface area contributed by atoms with Crippen molar-refractivity contribution >= 4 is 52.0 Å². The van der Waals surface area contributed by atoms with Gasteiger partial charge in [-0.3, -0.25) is 9.59 Å². The van der Waals surface area contributed by atoms with Crippen molar-refractivity contribution < 1.29 is 14.3 Å². The molecule has 140 valence electrons. The smallest absolute Gasteiger partial charge is 0.240 e. The lowest BCUT2D eigenvalue weighted by atomic mass is 10.2. The van der Waals surface area contributed by atoms with Gasteiger partial charge in [0, 0.05) is 17.0 Å². The molecule has 3 rings (SSSR count). The molecule has 0 spiro atoms. The number of nitrogens with one attached hydrogen (secondary N) is 2. The van der Waals surface area contributed by atoms with Crippen molar-refractivity contribution in [2.45, 2.75) is 18.6 Å². The van der Waals surface area contributed by atoms with Crippen molar-refractivity contribution in [2.24, 2.45) is 10.2 Å². The second-order valence-electron chi connectivity index (χ2n) is 5.47. The molecule has 0 bridgehead atoms. The molecule has 2 amide bonds. The first-order chi connectivity index (χ1) is 13.1. The number of benzene rings is 1. The summed E-state index contributed by atoms with van der Waals surface area (Å²) in [6.07, 6.45) is 1.67. The lowest BCUT2D eigenvalue weighted by molar-refractivity contribution is -0.122. The quantitative estimate of drug-likeness (QED) is 0.550. The molecule has 0 saturated carbocycles. The summed E-state index contributed by atoms with van der Waals surface area (Å²) in [7, 11) is 0. The van der Waals surface area contributed by atoms with E-state index in [1.54, 1.807) is 41.8 Å². The zero-order chi connectivity index (χ0) is 19.1. The highest BCUT2D eigenvalue weighted by Crippen LogP contribution is 2.23. The summed E-state index contributed by atoms with van der Waals surface area (Å²) in [6, 6.07) is 10.9. The lowest BCUT2D eigenvalue weighted by Crippen LogP contribution is -2.28. The second kappa shape index (κ2) is 9.33. The van der Waals surface area contributed by atoms with E-state index in [-0.39, 0.29) is 18.2 Å². The zero-order valence-electron chi connectivity index (χ0n) is 14.5. The van der Waals surface area contributed by atoms with Crippen LogP contribution in [0.2, 0.25) is 0 Å². The minimum Gasteiger partial charge on any atom is -0.494 e. The van der Waals surface area contributed by atoms with Gasteiger partial charge in [-0.05, 0) is 42.6 Å². The number of amidine groups is 1. The monoisotopic (exact) mass is 402 g/mol. The van der Waals surface area contributed by atoms with E-state index < -0.39 is 5.25 Å². The molecule has 1 fully saturated rings. The van der Waals surface area contributed by atoms with E-state index in [2.05, 4.69) is 20.8 Å². The standard InChI is InChI=1S/C18H18N4O3S2/c1-2-25-13-7-5-12(6-8-13)20-16(23)10-15-17(24)21-18(27-15)22-19-11-14-4-3-9-26-14/h3-9,11,15H,2,10H2,1H3,(H,20,23)(H,21,22,24)/b19-11-. The number of anilines is 1. The molecule has 2 heterocycles. The number of ether oxygens (including phenoxy) is 1. The van der Waals surface area contributed by atoms with Crippen LogP contribution in [0.4, 0.5) is 5.69 Å². The van der Waals surface area contributed by atoms with Crippen molar-refractivity contribution in [1.29, 1.82) is 0 Å². The van der Waals surface area contributed by atoms with Gasteiger partial charge in [0.15, 0.2) is 5.17 Å². The normalized spacial score (nSPS) is 18.0. The molecule has 1 aliphatic heterocycles. The van der Waals surface area contributed by atoms with Gasteiger partial charge in [-0.25, -0.2) is 0 Å². The fraction of sp³-hybridized carbons (Fsp3) is 0.222. The molecule has 1 saturated heterocycles. The number of hydrogen-bond donors (Lipinski definition) is 2. The highest BCUT2D eigenvalue weighted by molar-refractivity contribution is 8.15. The Balaban J connectivity index is 1.51. The topological polar surface area (TPSA) is 92.2 Å². The van der Waals surface area contributed by atoms with Crippen LogP contribution in [0.3, 0.4) is 0 Å². The number of carbonyl (C=O) groups excluding carboxylic acids is 2. The van der Waals surface area contributed by atoms with E-state index in [1.165, 1.54) is 11.8 Å². The molecule has 2 N–H and O–H groups in total. The summed E-state index contributed by atoms with van der Waals surface area (Å²) in [5, 5.41) is 15.2. The summed E-state index contributed by atoms with van der Waals surface area (Å²) < 4.78 is 5.36. The highest BCUT2D eigenvalue weighted by atomic mass is 32.2. The predicted molar refractivity (Wildman–Crippen MR) is 110 cm³/mol. The molecule has 0 aliphatic carbocycles. The average Bonchev–Trinajstić information content (AvgIpc) is 3.27. The maximum Gasteiger partial charge on any atom is 0.240 e. The summed E-state index contributed by atoms with van der Waals surface area (Å²) >= 11 is 2.75. The summed E-state index contributed by atoms with van der Waals surface area (Å²) in [6.45, 7) is 2.49. The second-order valence-corrected chi connectivity index (χ2v) is 7.64. The van der Waals surface area contributed by atoms with Crippen molar-refractivity contribution in [3.63, 3.8) is 0 Å². The van der Waals surface area contributed by atoms with Gasteiger partial charge in [-0.2, -0.15) is 5.10 Å². The first-order valence-corrected chi connectivity index (χ1v) is 10.0. The molecule has 2 aromatic rings. The van der Waals surface area contributed by atoms with Crippen molar-refractivity contribution in [3.8, 4) is 5.75 Å². The molecule has 1 aliphatic rings. The Morgan fingerprint density at radius 1 is 1.33 bits per heavy atom. The molecule has 1 atom stereocenters. The van der Waals surface area contributed by atoms with Crippen LogP contribution in [0.1, 0.15) is 18.2 Å². The van der Waals surface area contributed by atoms with Crippen LogP contribution in [-0.2, 0) is 9.59 Å². The van der Waals surface area contributed by atoms with E-state index in [1.807, 2.05) is 24.4 Å². The van der Waals surface area contributed by atoms with Gasteiger partial charge in [0.2, 0.25) is 11.8 Å². The van der Waals surface area contributed by atoms with Gasteiger partial charge in [0.1, 0.15) is 11.0 Å². The zero-order valence-corrected chi connectivity index (χ0v) is 16.2. The van der Waals surface area contributed by atoms with E-state index in [0.29, 0.717) is 17.5 Å². The fourth-order valence-corrected chi connectivity index (χ4v) is 3.77. The van der Waals surface area contributed by atoms with Crippen LogP contribution in [0, 0.1) is 0 Å². The number of nitrogens with zero attached hydrogens (tertiary/aromatic N) is 2. The minimum atomic E-state index is -0.525. The summed E-state index contributed by atoms with van der Waals surface area (Å²) in [5.74, 6) is 0.257. The van der Waals surface area contributed by atoms with Crippen LogP contribution >= 0.6 is 23.1 Å². The Morgan fingerprint density at radius 3 is 2.85 bits per heavy atom. The van der Waals surface area contributed by atoms with Gasteiger partial charge in [-0.1, -0.05) is 17.8 Å². The van der Waals surface area contributed by atoms with E-state index in [4.69, 9.17) is 4.74 Å². The Hall–Kier alpha value is -2.65. The fourth-order valence-electron chi connectivity index (χ4n) is 2.27. The largest absolute Gasteiger partial charge is 0.494 e. The van der Waals surface area contributed by atoms with Crippen LogP contribution < -0.4 is 15.4 Å². The molecular formula is C18H18N4O3S2. The lowest BCUT2D eigenvalue weighted by Gasteiger charge is -2.08. The van der Waals surface area contributed by atoms with Crippen LogP contribution in [-0.4, -0.2) is 35.1 Å². The molecule has 1 aromatic heterocycles. The number of hydrogen-bond acceptors (Lipinski definition) is 7. The Kier molecular flexibility index (Phi) is 6.61. The number of amides is 2. The maximum atomic E-state index is 12.2. The molecule has 27 heavy (non-hydrogen) atoms. The van der Waals surface area contributed by atoms with Crippen molar-refractivity contribution in [2.75, 3.05) is 11.9 Å². The van der Waals surface area contributed by atoms with E-state index >= 15 is 0 Å². The highest BCUT2D eigenvalue weighted by Gasteiger charge is 2.32. The van der Waals surface area contributed by atoms with Gasteiger partial charge in [0.05, 0.1) is 12.8 Å². The molecule has 1 unspecified atom stereocenters. The summed E-state index contributed by atoms with van der Waals surface area (Å²) in [5.41, 5.74) is 0.654. The third-order valence-corrected chi connectivity index (χ3v) is 5.35. The maximum absolute atomic E-state index is 12.2. The van der Waals surface area contributed by atoms with Crippen LogP contribution in [0.25, 0.3) is 0 Å². The van der Waals surface area contributed by atoms with Crippen molar-refractivity contribution in [3.05, 3.63) is 46.7 Å². The van der Waals surface area contributed by atoms with Crippen LogP contribution in [0.5, 0.6) is 5.75 Å². The minimum absolute atomic E-state index is 0.0529. The molecule has 0 radical (unpaired) electrons. The van der Waals surface area contributed by atoms with Crippen molar-refractivity contribution in [1.82, 2.24) is 5.32 Å². The third kappa shape index (κ3) is 5.66. The van der Waals surface area contributed by atoms with E-state index in [9.17, 15) is 9.59 Å². The molecular weight excluding hydrogens is 384 g/mol. The van der Waals surface area contributed by atoms with Gasteiger partial charge < -0.3 is 15.4 Å². The average molecular weight is 403 g/mol. The number of thioether (sulfide) groups is 1. The van der Waals surface area contributed by atoms with E-state index in [0.717, 1.165) is 10.6 Å². The SMILES string of the molecule is CCOc1ccc(NC(=O)CC2S/C(=N/N=C\c3cccs3)NC2=O)cc1. The first-order valence-electron chi connectivity index (χ1n) is 8.29. The van der Waals surface area contributed by atoms with Crippen LogP contribution in [0.15, 0.2) is 52.0 Å². The summed E-state index contributed by atoms with van der Waals surface area (Å²) in [4.78, 5) is 25.2. The first kappa shape index (κ1) is 19.1. The van der Waals surface area contributed by atoms with Gasteiger partial charge >= 0.3 is 0 Å². The number of carbonyl (C=O) groups is 2. The molecule has 1 aromatic carbocycles. The Labute approximate surface area is 164 Å². The molecule has 7 nitrogen and oxygen atoms in total. The predicted octanol–water partition coefficient (Wildman–Crippen LogP) is 3.10. The number of thiophene rings is 1. The molecule has 9 heteroatoms. The Bertz CT molecular complexity index is 848. The third-order valence-electron chi connectivity index (χ3n) is 3.47. The number of rotatable bonds is 7. The van der Waals surface area contributed by atoms with Gasteiger partial charge in [0.25, 0.3) is 0 Å². The van der Waals surface area contributed by atoms with Gasteiger partial charge in [-0.15, -0.1) is 16.4 Å².